The summed E-state index contributed by atoms with van der Waals surface area (Å²) in [7, 11) is 0. The molecule has 0 aliphatic rings. The molecule has 19 heavy (non-hydrogen) atoms. The van der Waals surface area contributed by atoms with E-state index in [2.05, 4.69) is 5.32 Å². The van der Waals surface area contributed by atoms with Gasteiger partial charge in [0.1, 0.15) is 11.8 Å². The monoisotopic (exact) mass is 262 g/mol. The third-order valence-electron chi connectivity index (χ3n) is 2.39. The second kappa shape index (κ2) is 7.01. The highest BCUT2D eigenvalue weighted by molar-refractivity contribution is 5.78. The topological polar surface area (TPSA) is 99.4 Å². The van der Waals surface area contributed by atoms with Crippen LogP contribution in [0.4, 0.5) is 0 Å². The van der Waals surface area contributed by atoms with E-state index in [1.165, 1.54) is 6.92 Å². The number of hydrogen-bond acceptors (Lipinski definition) is 4. The van der Waals surface area contributed by atoms with Crippen LogP contribution in [0.1, 0.15) is 12.5 Å². The standard InChI is InChI=1S/C13H14N2O4/c1-9(13(17)18)7-15-12(16)8-19-11-5-3-2-4-10(11)6-14/h2-5,9H,7-8H2,1H3,(H,15,16)(H,17,18). The number of nitrogens with one attached hydrogen (secondary N) is 1. The van der Waals surface area contributed by atoms with Gasteiger partial charge in [-0.2, -0.15) is 5.26 Å². The number of ether oxygens (including phenoxy) is 1. The van der Waals surface area contributed by atoms with Gasteiger partial charge in [0.2, 0.25) is 0 Å². The molecule has 100 valence electrons. The molecule has 1 aromatic rings. The lowest BCUT2D eigenvalue weighted by molar-refractivity contribution is -0.141. The van der Waals surface area contributed by atoms with Crippen LogP contribution < -0.4 is 10.1 Å². The molecule has 1 rings (SSSR count). The van der Waals surface area contributed by atoms with Crippen LogP contribution in [0.5, 0.6) is 5.75 Å². The Bertz CT molecular complexity index is 508. The lowest BCUT2D eigenvalue weighted by atomic mass is 10.2. The number of nitrogens with zero attached hydrogens (tertiary/aromatic N) is 1. The fourth-order valence-electron chi connectivity index (χ4n) is 1.23. The Morgan fingerprint density at radius 3 is 2.79 bits per heavy atom. The Morgan fingerprint density at radius 2 is 2.16 bits per heavy atom. The van der Waals surface area contributed by atoms with Gasteiger partial charge < -0.3 is 15.2 Å². The maximum absolute atomic E-state index is 11.4. The zero-order chi connectivity index (χ0) is 14.3. The normalized spacial score (nSPS) is 11.2. The summed E-state index contributed by atoms with van der Waals surface area (Å²) in [5, 5.41) is 19.9. The number of carboxylic acid groups (broad SMARTS) is 1. The molecule has 1 aromatic carbocycles. The van der Waals surface area contributed by atoms with Crippen molar-refractivity contribution in [2.75, 3.05) is 13.2 Å². The minimum absolute atomic E-state index is 0.0391. The molecule has 2 N–H and O–H groups in total. The van der Waals surface area contributed by atoms with Crippen molar-refractivity contribution in [1.82, 2.24) is 5.32 Å². The van der Waals surface area contributed by atoms with Crippen LogP contribution in [0, 0.1) is 17.2 Å². The van der Waals surface area contributed by atoms with E-state index in [0.717, 1.165) is 0 Å². The van der Waals surface area contributed by atoms with Crippen LogP contribution in [-0.4, -0.2) is 30.1 Å². The van der Waals surface area contributed by atoms with Crippen molar-refractivity contribution in [3.05, 3.63) is 29.8 Å². The Morgan fingerprint density at radius 1 is 1.47 bits per heavy atom. The molecule has 0 spiro atoms. The first-order chi connectivity index (χ1) is 9.04. The lowest BCUT2D eigenvalue weighted by Crippen LogP contribution is -2.34. The summed E-state index contributed by atoms with van der Waals surface area (Å²) >= 11 is 0. The first-order valence-electron chi connectivity index (χ1n) is 5.66. The van der Waals surface area contributed by atoms with E-state index in [1.54, 1.807) is 24.3 Å². The predicted molar refractivity (Wildman–Crippen MR) is 66.5 cm³/mol. The molecule has 0 radical (unpaired) electrons. The summed E-state index contributed by atoms with van der Waals surface area (Å²) in [5.74, 6) is -1.74. The molecule has 0 aliphatic heterocycles. The summed E-state index contributed by atoms with van der Waals surface area (Å²) < 4.78 is 5.20. The fourth-order valence-corrected chi connectivity index (χ4v) is 1.23. The van der Waals surface area contributed by atoms with Crippen LogP contribution in [0.15, 0.2) is 24.3 Å². The van der Waals surface area contributed by atoms with E-state index in [0.29, 0.717) is 11.3 Å². The van der Waals surface area contributed by atoms with Gasteiger partial charge >= 0.3 is 5.97 Å². The van der Waals surface area contributed by atoms with Gasteiger partial charge in [-0.3, -0.25) is 9.59 Å². The zero-order valence-corrected chi connectivity index (χ0v) is 10.4. The Hall–Kier alpha value is -2.55. The van der Waals surface area contributed by atoms with Crippen LogP contribution >= 0.6 is 0 Å². The Balaban J connectivity index is 2.42. The quantitative estimate of drug-likeness (QED) is 0.789. The van der Waals surface area contributed by atoms with Crippen LogP contribution in [0.2, 0.25) is 0 Å². The number of carboxylic acids is 1. The molecule has 0 aliphatic carbocycles. The second-order valence-electron chi connectivity index (χ2n) is 3.94. The molecule has 0 fully saturated rings. The minimum atomic E-state index is -0.976. The molecule has 1 amide bonds. The molecule has 1 atom stereocenters. The highest BCUT2D eigenvalue weighted by Gasteiger charge is 2.12. The van der Waals surface area contributed by atoms with Crippen molar-refractivity contribution in [3.63, 3.8) is 0 Å². The van der Waals surface area contributed by atoms with Gasteiger partial charge in [-0.25, -0.2) is 0 Å². The molecule has 0 aromatic heterocycles. The van der Waals surface area contributed by atoms with Gasteiger partial charge in [0.25, 0.3) is 5.91 Å². The van der Waals surface area contributed by atoms with Gasteiger partial charge in [0.15, 0.2) is 6.61 Å². The van der Waals surface area contributed by atoms with E-state index in [1.807, 2.05) is 6.07 Å². The number of para-hydroxylation sites is 1. The van der Waals surface area contributed by atoms with Crippen LogP contribution in [0.25, 0.3) is 0 Å². The van der Waals surface area contributed by atoms with Crippen molar-refractivity contribution in [2.45, 2.75) is 6.92 Å². The molecular formula is C13H14N2O4. The maximum Gasteiger partial charge on any atom is 0.308 e. The molecule has 0 bridgehead atoms. The third kappa shape index (κ3) is 4.68. The molecule has 0 saturated heterocycles. The van der Waals surface area contributed by atoms with E-state index in [4.69, 9.17) is 15.1 Å². The predicted octanol–water partition coefficient (Wildman–Crippen LogP) is 0.774. The average molecular weight is 262 g/mol. The number of nitriles is 1. The summed E-state index contributed by atoms with van der Waals surface area (Å²) in [5.41, 5.74) is 0.342. The van der Waals surface area contributed by atoms with Crippen molar-refractivity contribution in [2.24, 2.45) is 5.92 Å². The highest BCUT2D eigenvalue weighted by atomic mass is 16.5. The van der Waals surface area contributed by atoms with Crippen molar-refractivity contribution >= 4 is 11.9 Å². The molecular weight excluding hydrogens is 248 g/mol. The van der Waals surface area contributed by atoms with E-state index in [9.17, 15) is 9.59 Å². The Kier molecular flexibility index (Phi) is 5.35. The number of amides is 1. The van der Waals surface area contributed by atoms with Crippen molar-refractivity contribution in [3.8, 4) is 11.8 Å². The first kappa shape index (κ1) is 14.5. The van der Waals surface area contributed by atoms with E-state index in [-0.39, 0.29) is 13.2 Å². The largest absolute Gasteiger partial charge is 0.482 e. The number of hydrogen-bond donors (Lipinski definition) is 2. The molecule has 0 saturated carbocycles. The van der Waals surface area contributed by atoms with Gasteiger partial charge in [0, 0.05) is 6.54 Å². The Labute approximate surface area is 110 Å². The van der Waals surface area contributed by atoms with E-state index >= 15 is 0 Å². The molecule has 0 heterocycles. The summed E-state index contributed by atoms with van der Waals surface area (Å²) in [6.45, 7) is 1.27. The number of aliphatic carboxylic acids is 1. The SMILES string of the molecule is CC(CNC(=O)COc1ccccc1C#N)C(=O)O. The van der Waals surface area contributed by atoms with Gasteiger partial charge in [-0.05, 0) is 12.1 Å². The number of benzene rings is 1. The van der Waals surface area contributed by atoms with Gasteiger partial charge in [0.05, 0.1) is 11.5 Å². The number of carbonyl (C=O) groups is 2. The average Bonchev–Trinajstić information content (AvgIpc) is 2.42. The third-order valence-corrected chi connectivity index (χ3v) is 2.39. The number of rotatable bonds is 6. The summed E-state index contributed by atoms with van der Waals surface area (Å²) in [6.07, 6.45) is 0. The van der Waals surface area contributed by atoms with Gasteiger partial charge in [-0.1, -0.05) is 19.1 Å². The fraction of sp³-hybridized carbons (Fsp3) is 0.308. The molecule has 1 unspecified atom stereocenters. The van der Waals surface area contributed by atoms with Crippen LogP contribution in [0.3, 0.4) is 0 Å². The number of carbonyl (C=O) groups excluding carboxylic acids is 1. The van der Waals surface area contributed by atoms with Crippen molar-refractivity contribution in [1.29, 1.82) is 5.26 Å². The van der Waals surface area contributed by atoms with Crippen LogP contribution in [-0.2, 0) is 9.59 Å². The second-order valence-corrected chi connectivity index (χ2v) is 3.94. The van der Waals surface area contributed by atoms with E-state index < -0.39 is 17.8 Å². The molecule has 6 heteroatoms. The smallest absolute Gasteiger partial charge is 0.308 e. The summed E-state index contributed by atoms with van der Waals surface area (Å²) in [4.78, 5) is 22.0. The maximum atomic E-state index is 11.4. The highest BCUT2D eigenvalue weighted by Crippen LogP contribution is 2.16. The minimum Gasteiger partial charge on any atom is -0.482 e. The first-order valence-corrected chi connectivity index (χ1v) is 5.66. The zero-order valence-electron chi connectivity index (χ0n) is 10.4. The van der Waals surface area contributed by atoms with Gasteiger partial charge in [-0.15, -0.1) is 0 Å². The van der Waals surface area contributed by atoms with Crippen molar-refractivity contribution < 1.29 is 19.4 Å². The lowest BCUT2D eigenvalue weighted by Gasteiger charge is -2.10. The summed E-state index contributed by atoms with van der Waals surface area (Å²) in [6, 6.07) is 8.51. The molecule has 6 nitrogen and oxygen atoms in total.